The first-order valence-electron chi connectivity index (χ1n) is 9.46. The third-order valence-electron chi connectivity index (χ3n) is 4.68. The zero-order valence-corrected chi connectivity index (χ0v) is 16.4. The maximum Gasteiger partial charge on any atom is 0.251 e. The highest BCUT2D eigenvalue weighted by Crippen LogP contribution is 2.16. The molecule has 146 valence electrons. The summed E-state index contributed by atoms with van der Waals surface area (Å²) in [5.41, 5.74) is 4.46. The van der Waals surface area contributed by atoms with Crippen molar-refractivity contribution in [3.63, 3.8) is 0 Å². The van der Waals surface area contributed by atoms with Gasteiger partial charge in [-0.25, -0.2) is 4.98 Å². The fraction of sp³-hybridized carbons (Fsp3) is 0.174. The van der Waals surface area contributed by atoms with Crippen LogP contribution in [0.1, 0.15) is 40.1 Å². The van der Waals surface area contributed by atoms with E-state index in [4.69, 9.17) is 4.74 Å². The number of pyridine rings is 2. The summed E-state index contributed by atoms with van der Waals surface area (Å²) in [6.07, 6.45) is 7.46. The predicted molar refractivity (Wildman–Crippen MR) is 111 cm³/mol. The average Bonchev–Trinajstić information content (AvgIpc) is 3.15. The number of nitrogens with one attached hydrogen (secondary N) is 1. The Morgan fingerprint density at radius 3 is 2.72 bits per heavy atom. The molecule has 0 unspecified atom stereocenters. The molecule has 0 aliphatic heterocycles. The van der Waals surface area contributed by atoms with E-state index in [1.807, 2.05) is 54.9 Å². The molecule has 4 aromatic rings. The minimum Gasteiger partial charge on any atom is -0.487 e. The normalized spacial score (nSPS) is 11.9. The van der Waals surface area contributed by atoms with Gasteiger partial charge in [0.1, 0.15) is 18.0 Å². The fourth-order valence-corrected chi connectivity index (χ4v) is 3.08. The van der Waals surface area contributed by atoms with Gasteiger partial charge in [-0.2, -0.15) is 0 Å². The Balaban J connectivity index is 1.36. The van der Waals surface area contributed by atoms with Gasteiger partial charge in [0.25, 0.3) is 5.91 Å². The van der Waals surface area contributed by atoms with Crippen molar-refractivity contribution >= 4 is 11.6 Å². The molecule has 6 heteroatoms. The van der Waals surface area contributed by atoms with Gasteiger partial charge in [0, 0.05) is 30.4 Å². The predicted octanol–water partition coefficient (Wildman–Crippen LogP) is 4.11. The molecule has 0 fully saturated rings. The van der Waals surface area contributed by atoms with Crippen LogP contribution in [0.5, 0.6) is 5.75 Å². The maximum absolute atomic E-state index is 12.5. The van der Waals surface area contributed by atoms with Crippen molar-refractivity contribution < 1.29 is 9.53 Å². The Labute approximate surface area is 169 Å². The highest BCUT2D eigenvalue weighted by atomic mass is 16.5. The van der Waals surface area contributed by atoms with Crippen molar-refractivity contribution in [2.45, 2.75) is 26.5 Å². The molecule has 0 radical (unpaired) electrons. The quantitative estimate of drug-likeness (QED) is 0.541. The van der Waals surface area contributed by atoms with E-state index >= 15 is 0 Å². The van der Waals surface area contributed by atoms with Gasteiger partial charge in [0.2, 0.25) is 0 Å². The van der Waals surface area contributed by atoms with Crippen LogP contribution >= 0.6 is 0 Å². The zero-order chi connectivity index (χ0) is 20.2. The molecular weight excluding hydrogens is 364 g/mol. The second-order valence-electron chi connectivity index (χ2n) is 7.00. The van der Waals surface area contributed by atoms with Gasteiger partial charge in [-0.1, -0.05) is 12.1 Å². The third-order valence-corrected chi connectivity index (χ3v) is 4.68. The number of benzene rings is 1. The van der Waals surface area contributed by atoms with Gasteiger partial charge in [-0.15, -0.1) is 0 Å². The maximum atomic E-state index is 12.5. The van der Waals surface area contributed by atoms with Crippen LogP contribution in [-0.2, 0) is 6.61 Å². The second-order valence-corrected chi connectivity index (χ2v) is 7.00. The minimum absolute atomic E-state index is 0.120. The molecule has 0 spiro atoms. The molecule has 0 bridgehead atoms. The van der Waals surface area contributed by atoms with E-state index in [1.165, 1.54) is 5.56 Å². The molecule has 6 nitrogen and oxygen atoms in total. The highest BCUT2D eigenvalue weighted by Gasteiger charge is 2.12. The van der Waals surface area contributed by atoms with Crippen LogP contribution in [0.4, 0.5) is 0 Å². The Bertz CT molecular complexity index is 1120. The van der Waals surface area contributed by atoms with Crippen molar-refractivity contribution in [2.24, 2.45) is 0 Å². The van der Waals surface area contributed by atoms with Crippen molar-refractivity contribution in [2.75, 3.05) is 0 Å². The lowest BCUT2D eigenvalue weighted by atomic mass is 10.1. The zero-order valence-electron chi connectivity index (χ0n) is 16.4. The largest absolute Gasteiger partial charge is 0.487 e. The molecule has 1 atom stereocenters. The molecule has 0 saturated heterocycles. The van der Waals surface area contributed by atoms with E-state index in [-0.39, 0.29) is 11.9 Å². The molecule has 3 aromatic heterocycles. The number of hydrogen-bond acceptors (Lipinski definition) is 4. The summed E-state index contributed by atoms with van der Waals surface area (Å²) in [4.78, 5) is 21.1. The van der Waals surface area contributed by atoms with E-state index in [0.29, 0.717) is 17.9 Å². The summed E-state index contributed by atoms with van der Waals surface area (Å²) in [6.45, 7) is 4.35. The van der Waals surface area contributed by atoms with E-state index in [2.05, 4.69) is 15.3 Å². The number of imidazole rings is 1. The summed E-state index contributed by atoms with van der Waals surface area (Å²) in [6, 6.07) is 14.8. The monoisotopic (exact) mass is 386 g/mol. The van der Waals surface area contributed by atoms with Crippen LogP contribution in [0.25, 0.3) is 5.65 Å². The first-order valence-corrected chi connectivity index (χ1v) is 9.46. The van der Waals surface area contributed by atoms with Crippen LogP contribution in [0, 0.1) is 6.92 Å². The third kappa shape index (κ3) is 4.43. The molecule has 4 rings (SSSR count). The molecule has 1 amide bonds. The topological polar surface area (TPSA) is 68.5 Å². The Hall–Kier alpha value is -3.67. The number of ether oxygens (including phenoxy) is 1. The first-order chi connectivity index (χ1) is 14.1. The van der Waals surface area contributed by atoms with Gasteiger partial charge in [0.15, 0.2) is 0 Å². The number of rotatable bonds is 6. The molecule has 0 aliphatic rings. The second kappa shape index (κ2) is 8.14. The number of carbonyl (C=O) groups excluding carboxylic acids is 1. The number of hydrogen-bond donors (Lipinski definition) is 1. The lowest BCUT2D eigenvalue weighted by Gasteiger charge is -2.14. The van der Waals surface area contributed by atoms with Gasteiger partial charge in [0.05, 0.1) is 11.7 Å². The molecule has 0 saturated carbocycles. The molecule has 3 heterocycles. The molecular formula is C23H22N4O2. The van der Waals surface area contributed by atoms with Gasteiger partial charge < -0.3 is 14.5 Å². The van der Waals surface area contributed by atoms with Gasteiger partial charge in [-0.3, -0.25) is 9.78 Å². The first kappa shape index (κ1) is 18.7. The smallest absolute Gasteiger partial charge is 0.251 e. The highest BCUT2D eigenvalue weighted by molar-refractivity contribution is 5.94. The van der Waals surface area contributed by atoms with Gasteiger partial charge >= 0.3 is 0 Å². The number of carbonyl (C=O) groups is 1. The summed E-state index contributed by atoms with van der Waals surface area (Å²) in [5.74, 6) is 0.554. The molecule has 0 aliphatic carbocycles. The van der Waals surface area contributed by atoms with Crippen LogP contribution in [0.15, 0.2) is 73.3 Å². The molecule has 1 N–H and O–H groups in total. The summed E-state index contributed by atoms with van der Waals surface area (Å²) in [5, 5.41) is 2.98. The summed E-state index contributed by atoms with van der Waals surface area (Å²) >= 11 is 0. The lowest BCUT2D eigenvalue weighted by molar-refractivity contribution is 0.0940. The minimum atomic E-state index is -0.136. The Morgan fingerprint density at radius 2 is 1.97 bits per heavy atom. The number of aryl methyl sites for hydroxylation is 1. The molecule has 29 heavy (non-hydrogen) atoms. The number of amides is 1. The number of nitrogens with zero attached hydrogens (tertiary/aromatic N) is 3. The van der Waals surface area contributed by atoms with Crippen LogP contribution < -0.4 is 10.1 Å². The summed E-state index contributed by atoms with van der Waals surface area (Å²) < 4.78 is 7.81. The van der Waals surface area contributed by atoms with Gasteiger partial charge in [-0.05, 0) is 61.4 Å². The van der Waals surface area contributed by atoms with E-state index in [1.54, 1.807) is 36.7 Å². The van der Waals surface area contributed by atoms with E-state index in [0.717, 1.165) is 16.9 Å². The summed E-state index contributed by atoms with van der Waals surface area (Å²) in [7, 11) is 0. The standard InChI is InChI=1S/C23H22N4O2/c1-16-5-10-22-26-20(14-27(22)13-16)15-29-21-8-6-18(7-9-21)23(28)25-17(2)19-4-3-11-24-12-19/h3-14,17H,15H2,1-2H3,(H,25,28)/t17-/m0/s1. The van der Waals surface area contributed by atoms with E-state index < -0.39 is 0 Å². The van der Waals surface area contributed by atoms with Crippen LogP contribution in [0.2, 0.25) is 0 Å². The average molecular weight is 386 g/mol. The van der Waals surface area contributed by atoms with E-state index in [9.17, 15) is 4.79 Å². The number of fused-ring (bicyclic) bond motifs is 1. The SMILES string of the molecule is Cc1ccc2nc(COc3ccc(C(=O)N[C@@H](C)c4cccnc4)cc3)cn2c1. The van der Waals surface area contributed by atoms with Crippen LogP contribution in [-0.4, -0.2) is 20.3 Å². The fourth-order valence-electron chi connectivity index (χ4n) is 3.08. The van der Waals surface area contributed by atoms with Crippen molar-refractivity contribution in [1.29, 1.82) is 0 Å². The lowest BCUT2D eigenvalue weighted by Crippen LogP contribution is -2.26. The van der Waals surface area contributed by atoms with Crippen molar-refractivity contribution in [1.82, 2.24) is 19.7 Å². The van der Waals surface area contributed by atoms with Crippen molar-refractivity contribution in [3.8, 4) is 5.75 Å². The van der Waals surface area contributed by atoms with Crippen LogP contribution in [0.3, 0.4) is 0 Å². The number of aromatic nitrogens is 3. The molecule has 1 aromatic carbocycles. The Kier molecular flexibility index (Phi) is 5.24. The van der Waals surface area contributed by atoms with Crippen molar-refractivity contribution in [3.05, 3.63) is 95.7 Å². The Morgan fingerprint density at radius 1 is 1.14 bits per heavy atom.